The summed E-state index contributed by atoms with van der Waals surface area (Å²) in [7, 11) is 0. The van der Waals surface area contributed by atoms with Crippen LogP contribution in [0.3, 0.4) is 0 Å². The molecule has 1 atom stereocenters. The zero-order chi connectivity index (χ0) is 16.8. The van der Waals surface area contributed by atoms with E-state index in [4.69, 9.17) is 0 Å². The first-order chi connectivity index (χ1) is 11.0. The minimum Gasteiger partial charge on any atom is -0.331 e. The van der Waals surface area contributed by atoms with Gasteiger partial charge in [-0.3, -0.25) is 0 Å². The SMILES string of the molecule is CCCc1ccc([C@@H](C)NC(=O)Nc2ccc(C)c(F)c2)cc1. The van der Waals surface area contributed by atoms with Gasteiger partial charge in [-0.15, -0.1) is 0 Å². The van der Waals surface area contributed by atoms with Crippen molar-refractivity contribution in [2.45, 2.75) is 39.7 Å². The summed E-state index contributed by atoms with van der Waals surface area (Å²) in [5.41, 5.74) is 3.32. The van der Waals surface area contributed by atoms with E-state index in [0.29, 0.717) is 11.3 Å². The lowest BCUT2D eigenvalue weighted by atomic mass is 10.0. The zero-order valence-corrected chi connectivity index (χ0v) is 13.8. The van der Waals surface area contributed by atoms with Crippen LogP contribution in [-0.2, 0) is 6.42 Å². The molecule has 0 aliphatic rings. The van der Waals surface area contributed by atoms with Crippen LogP contribution in [0.15, 0.2) is 42.5 Å². The summed E-state index contributed by atoms with van der Waals surface area (Å²) in [6.45, 7) is 5.75. The Morgan fingerprint density at radius 2 is 1.87 bits per heavy atom. The Bertz CT molecular complexity index is 668. The van der Waals surface area contributed by atoms with Crippen molar-refractivity contribution < 1.29 is 9.18 Å². The number of urea groups is 1. The highest BCUT2D eigenvalue weighted by molar-refractivity contribution is 5.89. The van der Waals surface area contributed by atoms with Crippen molar-refractivity contribution in [1.29, 1.82) is 0 Å². The smallest absolute Gasteiger partial charge is 0.319 e. The molecule has 2 rings (SSSR count). The molecule has 2 aromatic carbocycles. The van der Waals surface area contributed by atoms with E-state index in [1.807, 2.05) is 19.1 Å². The molecule has 0 heterocycles. The Morgan fingerprint density at radius 1 is 1.17 bits per heavy atom. The first-order valence-electron chi connectivity index (χ1n) is 7.92. The molecule has 0 bridgehead atoms. The van der Waals surface area contributed by atoms with Crippen LogP contribution in [0.2, 0.25) is 0 Å². The fourth-order valence-corrected chi connectivity index (χ4v) is 2.38. The van der Waals surface area contributed by atoms with E-state index in [-0.39, 0.29) is 17.9 Å². The number of amides is 2. The van der Waals surface area contributed by atoms with Gasteiger partial charge in [0.1, 0.15) is 5.82 Å². The van der Waals surface area contributed by atoms with Gasteiger partial charge < -0.3 is 10.6 Å². The van der Waals surface area contributed by atoms with Crippen LogP contribution in [0.5, 0.6) is 0 Å². The van der Waals surface area contributed by atoms with E-state index < -0.39 is 0 Å². The number of halogens is 1. The summed E-state index contributed by atoms with van der Waals surface area (Å²) in [5, 5.41) is 5.51. The Labute approximate surface area is 136 Å². The molecule has 23 heavy (non-hydrogen) atoms. The molecule has 122 valence electrons. The molecule has 0 fully saturated rings. The molecule has 4 heteroatoms. The summed E-state index contributed by atoms with van der Waals surface area (Å²) >= 11 is 0. The number of anilines is 1. The van der Waals surface area contributed by atoms with Gasteiger partial charge in [-0.05, 0) is 49.1 Å². The number of aryl methyl sites for hydroxylation is 2. The van der Waals surface area contributed by atoms with Crippen LogP contribution in [0.1, 0.15) is 43.0 Å². The number of benzene rings is 2. The lowest BCUT2D eigenvalue weighted by molar-refractivity contribution is 0.249. The highest BCUT2D eigenvalue weighted by atomic mass is 19.1. The molecule has 3 nitrogen and oxygen atoms in total. The number of nitrogens with one attached hydrogen (secondary N) is 2. The summed E-state index contributed by atoms with van der Waals surface area (Å²) in [6.07, 6.45) is 2.17. The fourth-order valence-electron chi connectivity index (χ4n) is 2.38. The van der Waals surface area contributed by atoms with Gasteiger partial charge in [-0.1, -0.05) is 43.7 Å². The standard InChI is InChI=1S/C19H23FN2O/c1-4-5-15-7-9-16(10-8-15)14(3)21-19(23)22-17-11-6-13(2)18(20)12-17/h6-12,14H,4-5H2,1-3H3,(H2,21,22,23)/t14-/m1/s1. The third-order valence-corrected chi connectivity index (χ3v) is 3.80. The summed E-state index contributed by atoms with van der Waals surface area (Å²) in [6, 6.07) is 12.4. The maximum Gasteiger partial charge on any atom is 0.319 e. The van der Waals surface area contributed by atoms with Crippen molar-refractivity contribution in [1.82, 2.24) is 5.32 Å². The molecule has 2 amide bonds. The van der Waals surface area contributed by atoms with Crippen LogP contribution in [0.25, 0.3) is 0 Å². The van der Waals surface area contributed by atoms with E-state index in [1.54, 1.807) is 19.1 Å². The van der Waals surface area contributed by atoms with Crippen LogP contribution >= 0.6 is 0 Å². The number of carbonyl (C=O) groups is 1. The Morgan fingerprint density at radius 3 is 2.48 bits per heavy atom. The topological polar surface area (TPSA) is 41.1 Å². The average molecular weight is 314 g/mol. The molecule has 0 saturated carbocycles. The largest absolute Gasteiger partial charge is 0.331 e. The first kappa shape index (κ1) is 17.0. The normalized spacial score (nSPS) is 11.8. The van der Waals surface area contributed by atoms with Gasteiger partial charge in [0.25, 0.3) is 0 Å². The van der Waals surface area contributed by atoms with Gasteiger partial charge in [0.15, 0.2) is 0 Å². The molecule has 0 radical (unpaired) electrons. The predicted molar refractivity (Wildman–Crippen MR) is 92.1 cm³/mol. The predicted octanol–water partition coefficient (Wildman–Crippen LogP) is 4.97. The van der Waals surface area contributed by atoms with Crippen molar-refractivity contribution in [3.8, 4) is 0 Å². The molecule has 0 aromatic heterocycles. The van der Waals surface area contributed by atoms with Gasteiger partial charge in [0.2, 0.25) is 0 Å². The van der Waals surface area contributed by atoms with Gasteiger partial charge >= 0.3 is 6.03 Å². The van der Waals surface area contributed by atoms with Crippen LogP contribution in [0, 0.1) is 12.7 Å². The maximum absolute atomic E-state index is 13.5. The lowest BCUT2D eigenvalue weighted by Crippen LogP contribution is -2.31. The third kappa shape index (κ3) is 4.81. The minimum absolute atomic E-state index is 0.124. The summed E-state index contributed by atoms with van der Waals surface area (Å²) in [4.78, 5) is 12.0. The highest BCUT2D eigenvalue weighted by Crippen LogP contribution is 2.16. The van der Waals surface area contributed by atoms with Crippen molar-refractivity contribution in [3.63, 3.8) is 0 Å². The Kier molecular flexibility index (Phi) is 5.74. The highest BCUT2D eigenvalue weighted by Gasteiger charge is 2.10. The van der Waals surface area contributed by atoms with Crippen molar-refractivity contribution >= 4 is 11.7 Å². The Balaban J connectivity index is 1.94. The number of carbonyl (C=O) groups excluding carboxylic acids is 1. The third-order valence-electron chi connectivity index (χ3n) is 3.80. The molecule has 0 spiro atoms. The van der Waals surface area contributed by atoms with E-state index in [2.05, 4.69) is 29.7 Å². The lowest BCUT2D eigenvalue weighted by Gasteiger charge is -2.16. The maximum atomic E-state index is 13.5. The van der Waals surface area contributed by atoms with Gasteiger partial charge in [-0.2, -0.15) is 0 Å². The van der Waals surface area contributed by atoms with Gasteiger partial charge in [0, 0.05) is 5.69 Å². The fraction of sp³-hybridized carbons (Fsp3) is 0.316. The summed E-state index contributed by atoms with van der Waals surface area (Å²) in [5.74, 6) is -0.331. The molecule has 2 aromatic rings. The van der Waals surface area contributed by atoms with Crippen LogP contribution in [-0.4, -0.2) is 6.03 Å². The second-order valence-corrected chi connectivity index (χ2v) is 5.78. The number of hydrogen-bond donors (Lipinski definition) is 2. The van der Waals surface area contributed by atoms with Gasteiger partial charge in [-0.25, -0.2) is 9.18 Å². The van der Waals surface area contributed by atoms with E-state index in [9.17, 15) is 9.18 Å². The first-order valence-corrected chi connectivity index (χ1v) is 7.92. The molecule has 0 aliphatic heterocycles. The summed E-state index contributed by atoms with van der Waals surface area (Å²) < 4.78 is 13.5. The monoisotopic (exact) mass is 314 g/mol. The molecule has 0 aliphatic carbocycles. The van der Waals surface area contributed by atoms with Gasteiger partial charge in [0.05, 0.1) is 6.04 Å². The van der Waals surface area contributed by atoms with E-state index in [0.717, 1.165) is 18.4 Å². The quantitative estimate of drug-likeness (QED) is 0.804. The van der Waals surface area contributed by atoms with Crippen molar-refractivity contribution in [2.75, 3.05) is 5.32 Å². The van der Waals surface area contributed by atoms with Crippen molar-refractivity contribution in [2.24, 2.45) is 0 Å². The molecular formula is C19H23FN2O. The van der Waals surface area contributed by atoms with Crippen LogP contribution < -0.4 is 10.6 Å². The van der Waals surface area contributed by atoms with E-state index in [1.165, 1.54) is 11.6 Å². The Hall–Kier alpha value is -2.36. The number of hydrogen-bond acceptors (Lipinski definition) is 1. The molecular weight excluding hydrogens is 291 g/mol. The second-order valence-electron chi connectivity index (χ2n) is 5.78. The minimum atomic E-state index is -0.349. The molecule has 0 saturated heterocycles. The van der Waals surface area contributed by atoms with Crippen molar-refractivity contribution in [3.05, 3.63) is 65.0 Å². The molecule has 0 unspecified atom stereocenters. The van der Waals surface area contributed by atoms with E-state index >= 15 is 0 Å². The zero-order valence-electron chi connectivity index (χ0n) is 13.8. The average Bonchev–Trinajstić information content (AvgIpc) is 2.52. The number of rotatable bonds is 5. The second kappa shape index (κ2) is 7.77. The van der Waals surface area contributed by atoms with Crippen LogP contribution in [0.4, 0.5) is 14.9 Å². The molecule has 2 N–H and O–H groups in total.